The summed E-state index contributed by atoms with van der Waals surface area (Å²) in [5.74, 6) is 0.218. The second-order valence-electron chi connectivity index (χ2n) is 5.58. The number of hydrogen-bond acceptors (Lipinski definition) is 3. The van der Waals surface area contributed by atoms with E-state index in [2.05, 4.69) is 10.6 Å². The standard InChI is InChI=1S/C15H24N4O2/c1-9(2)8-13(16)14(20)18-10(3)11-4-6-12(7-5-11)19-15(17)21/h4-7,9-10,13H,8,16H2,1-3H3,(H,18,20)(H3,17,19,21)/t10?,13-/m1/s1. The van der Waals surface area contributed by atoms with Gasteiger partial charge in [0.05, 0.1) is 12.1 Å². The highest BCUT2D eigenvalue weighted by Gasteiger charge is 2.17. The van der Waals surface area contributed by atoms with Crippen LogP contribution in [0.3, 0.4) is 0 Å². The van der Waals surface area contributed by atoms with Crippen LogP contribution in [-0.2, 0) is 4.79 Å². The molecule has 6 N–H and O–H groups in total. The van der Waals surface area contributed by atoms with Gasteiger partial charge >= 0.3 is 6.03 Å². The Morgan fingerprint density at radius 3 is 2.19 bits per heavy atom. The number of hydrogen-bond donors (Lipinski definition) is 4. The van der Waals surface area contributed by atoms with Crippen LogP contribution >= 0.6 is 0 Å². The van der Waals surface area contributed by atoms with E-state index in [9.17, 15) is 9.59 Å². The number of nitrogens with one attached hydrogen (secondary N) is 2. The smallest absolute Gasteiger partial charge is 0.316 e. The molecular formula is C15H24N4O2. The van der Waals surface area contributed by atoms with Crippen LogP contribution in [0, 0.1) is 5.92 Å². The zero-order chi connectivity index (χ0) is 16.0. The Morgan fingerprint density at radius 2 is 1.71 bits per heavy atom. The Hall–Kier alpha value is -2.08. The molecule has 0 aliphatic rings. The molecule has 2 atom stereocenters. The molecule has 0 aromatic heterocycles. The number of rotatable bonds is 6. The maximum Gasteiger partial charge on any atom is 0.316 e. The molecule has 0 fully saturated rings. The lowest BCUT2D eigenvalue weighted by molar-refractivity contribution is -0.123. The summed E-state index contributed by atoms with van der Waals surface area (Å²) in [6, 6.07) is 5.85. The topological polar surface area (TPSA) is 110 Å². The zero-order valence-electron chi connectivity index (χ0n) is 12.7. The van der Waals surface area contributed by atoms with Gasteiger partial charge in [0.1, 0.15) is 0 Å². The Kier molecular flexibility index (Phi) is 6.17. The third-order valence-electron chi connectivity index (χ3n) is 3.10. The van der Waals surface area contributed by atoms with Gasteiger partial charge in [0, 0.05) is 5.69 Å². The van der Waals surface area contributed by atoms with Crippen molar-refractivity contribution in [3.05, 3.63) is 29.8 Å². The van der Waals surface area contributed by atoms with Gasteiger partial charge < -0.3 is 22.1 Å². The van der Waals surface area contributed by atoms with Gasteiger partial charge in [-0.3, -0.25) is 4.79 Å². The van der Waals surface area contributed by atoms with Crippen molar-refractivity contribution < 1.29 is 9.59 Å². The summed E-state index contributed by atoms with van der Waals surface area (Å²) in [7, 11) is 0. The van der Waals surface area contributed by atoms with E-state index in [0.717, 1.165) is 5.56 Å². The molecule has 116 valence electrons. The first-order chi connectivity index (χ1) is 9.79. The van der Waals surface area contributed by atoms with E-state index in [-0.39, 0.29) is 11.9 Å². The van der Waals surface area contributed by atoms with Gasteiger partial charge in [0.25, 0.3) is 0 Å². The van der Waals surface area contributed by atoms with Gasteiger partial charge in [-0.1, -0.05) is 26.0 Å². The molecule has 1 unspecified atom stereocenters. The van der Waals surface area contributed by atoms with Gasteiger partial charge in [-0.05, 0) is 37.0 Å². The minimum atomic E-state index is -0.608. The van der Waals surface area contributed by atoms with Crippen LogP contribution in [0.15, 0.2) is 24.3 Å². The van der Waals surface area contributed by atoms with E-state index in [1.54, 1.807) is 12.1 Å². The van der Waals surface area contributed by atoms with Gasteiger partial charge in [0.15, 0.2) is 0 Å². The van der Waals surface area contributed by atoms with Crippen LogP contribution in [0.1, 0.15) is 38.8 Å². The SMILES string of the molecule is CC(C)C[C@@H](N)C(=O)NC(C)c1ccc(NC(N)=O)cc1. The van der Waals surface area contributed by atoms with Crippen molar-refractivity contribution in [1.29, 1.82) is 0 Å². The van der Waals surface area contributed by atoms with E-state index in [1.165, 1.54) is 0 Å². The van der Waals surface area contributed by atoms with Crippen molar-refractivity contribution in [2.45, 2.75) is 39.3 Å². The number of urea groups is 1. The average molecular weight is 292 g/mol. The highest BCUT2D eigenvalue weighted by molar-refractivity contribution is 5.87. The van der Waals surface area contributed by atoms with Crippen molar-refractivity contribution in [3.8, 4) is 0 Å². The first-order valence-corrected chi connectivity index (χ1v) is 7.02. The molecule has 6 heteroatoms. The van der Waals surface area contributed by atoms with Crippen LogP contribution in [0.4, 0.5) is 10.5 Å². The molecule has 3 amide bonds. The lowest BCUT2D eigenvalue weighted by atomic mass is 10.0. The highest BCUT2D eigenvalue weighted by atomic mass is 16.2. The zero-order valence-corrected chi connectivity index (χ0v) is 12.7. The first-order valence-electron chi connectivity index (χ1n) is 7.02. The normalized spacial score (nSPS) is 13.6. The van der Waals surface area contributed by atoms with Crippen molar-refractivity contribution in [2.24, 2.45) is 17.4 Å². The summed E-state index contributed by atoms with van der Waals surface area (Å²) >= 11 is 0. The number of carbonyl (C=O) groups is 2. The van der Waals surface area contributed by atoms with Crippen molar-refractivity contribution >= 4 is 17.6 Å². The number of benzene rings is 1. The van der Waals surface area contributed by atoms with Crippen LogP contribution in [0.25, 0.3) is 0 Å². The number of anilines is 1. The fraction of sp³-hybridized carbons (Fsp3) is 0.467. The van der Waals surface area contributed by atoms with Gasteiger partial charge in [-0.25, -0.2) is 4.79 Å². The molecule has 0 saturated heterocycles. The van der Waals surface area contributed by atoms with Crippen LogP contribution in [-0.4, -0.2) is 18.0 Å². The molecular weight excluding hydrogens is 268 g/mol. The number of primary amides is 1. The molecule has 0 spiro atoms. The number of nitrogens with two attached hydrogens (primary N) is 2. The highest BCUT2D eigenvalue weighted by Crippen LogP contribution is 2.16. The molecule has 1 rings (SSSR count). The summed E-state index contributed by atoms with van der Waals surface area (Å²) in [6.07, 6.45) is 0.653. The third-order valence-corrected chi connectivity index (χ3v) is 3.10. The molecule has 0 aliphatic heterocycles. The maximum atomic E-state index is 12.0. The summed E-state index contributed by atoms with van der Waals surface area (Å²) in [5.41, 5.74) is 12.4. The predicted molar refractivity (Wildman–Crippen MR) is 83.6 cm³/mol. The van der Waals surface area contributed by atoms with E-state index in [4.69, 9.17) is 11.5 Å². The van der Waals surface area contributed by atoms with Crippen molar-refractivity contribution in [3.63, 3.8) is 0 Å². The van der Waals surface area contributed by atoms with Crippen molar-refractivity contribution in [1.82, 2.24) is 5.32 Å². The molecule has 0 bridgehead atoms. The molecule has 0 aliphatic carbocycles. The van der Waals surface area contributed by atoms with Gasteiger partial charge in [-0.15, -0.1) is 0 Å². The summed E-state index contributed by atoms with van der Waals surface area (Å²) < 4.78 is 0. The molecule has 0 radical (unpaired) electrons. The Labute approximate surface area is 125 Å². The predicted octanol–water partition coefficient (Wildman–Crippen LogP) is 1.73. The lowest BCUT2D eigenvalue weighted by Crippen LogP contribution is -2.42. The quantitative estimate of drug-likeness (QED) is 0.640. The Morgan fingerprint density at radius 1 is 1.14 bits per heavy atom. The summed E-state index contributed by atoms with van der Waals surface area (Å²) in [5, 5.41) is 5.37. The maximum absolute atomic E-state index is 12.0. The monoisotopic (exact) mass is 292 g/mol. The second-order valence-corrected chi connectivity index (χ2v) is 5.58. The van der Waals surface area contributed by atoms with E-state index < -0.39 is 12.1 Å². The van der Waals surface area contributed by atoms with Crippen molar-refractivity contribution in [2.75, 3.05) is 5.32 Å². The Bertz CT molecular complexity index is 485. The molecule has 1 aromatic rings. The molecule has 21 heavy (non-hydrogen) atoms. The fourth-order valence-electron chi connectivity index (χ4n) is 2.02. The van der Waals surface area contributed by atoms with Crippen LogP contribution in [0.2, 0.25) is 0 Å². The number of amides is 3. The van der Waals surface area contributed by atoms with Crippen LogP contribution in [0.5, 0.6) is 0 Å². The first kappa shape index (κ1) is 17.0. The third kappa shape index (κ3) is 5.83. The fourth-order valence-corrected chi connectivity index (χ4v) is 2.02. The summed E-state index contributed by atoms with van der Waals surface area (Å²) in [4.78, 5) is 22.7. The molecule has 0 heterocycles. The second kappa shape index (κ2) is 7.64. The minimum absolute atomic E-state index is 0.154. The van der Waals surface area contributed by atoms with Gasteiger partial charge in [0.2, 0.25) is 5.91 Å². The molecule has 6 nitrogen and oxygen atoms in total. The minimum Gasteiger partial charge on any atom is -0.351 e. The van der Waals surface area contributed by atoms with E-state index in [1.807, 2.05) is 32.9 Å². The molecule has 0 saturated carbocycles. The van der Waals surface area contributed by atoms with E-state index >= 15 is 0 Å². The lowest BCUT2D eigenvalue weighted by Gasteiger charge is -2.19. The van der Waals surface area contributed by atoms with E-state index in [0.29, 0.717) is 18.0 Å². The largest absolute Gasteiger partial charge is 0.351 e. The summed E-state index contributed by atoms with van der Waals surface area (Å²) in [6.45, 7) is 5.94. The van der Waals surface area contributed by atoms with Gasteiger partial charge in [-0.2, -0.15) is 0 Å². The van der Waals surface area contributed by atoms with Crippen LogP contribution < -0.4 is 22.1 Å². The Balaban J connectivity index is 2.60. The average Bonchev–Trinajstić information content (AvgIpc) is 2.37. The molecule has 1 aromatic carbocycles. The number of carbonyl (C=O) groups excluding carboxylic acids is 2.